The van der Waals surface area contributed by atoms with Crippen molar-refractivity contribution in [1.29, 1.82) is 0 Å². The number of ether oxygens (including phenoxy) is 4. The van der Waals surface area contributed by atoms with Crippen LogP contribution in [0.25, 0.3) is 0 Å². The standard InChI is InChI=1S/C69H77N3O4/c1-66(2,3)55-34-47-30-49-36-56(67(4,5)6)38-51(63(49)74-43-59-24-16-19-27-70-59)32-53-40-58(69(10,11)12)41-54(65(53)76-45-61-26-18-21-29-72-61)33-52-39-57(68(7,8)9)37-50(64(52)75-44-60-25-17-20-28-71-60)31-48(35-55)62(47)73-42-46-22-14-13-15-23-46/h13-29,34-41H,30-33,42-45H2,1-12H3. The molecule has 0 amide bonds. The van der Waals surface area contributed by atoms with Gasteiger partial charge in [0, 0.05) is 44.3 Å². The van der Waals surface area contributed by atoms with Crippen LogP contribution in [-0.4, -0.2) is 15.0 Å². The summed E-state index contributed by atoms with van der Waals surface area (Å²) in [5.74, 6) is 3.43. The van der Waals surface area contributed by atoms with Crippen LogP contribution >= 0.6 is 0 Å². The van der Waals surface area contributed by atoms with Crippen molar-refractivity contribution in [1.82, 2.24) is 15.0 Å². The molecule has 7 nitrogen and oxygen atoms in total. The monoisotopic (exact) mass is 1010 g/mol. The summed E-state index contributed by atoms with van der Waals surface area (Å²) >= 11 is 0. The Hall–Kier alpha value is -7.25. The predicted molar refractivity (Wildman–Crippen MR) is 308 cm³/mol. The lowest BCUT2D eigenvalue weighted by Crippen LogP contribution is -2.18. The quantitative estimate of drug-likeness (QED) is 0.121. The van der Waals surface area contributed by atoms with Gasteiger partial charge in [0.05, 0.1) is 17.1 Å². The number of rotatable bonds is 12. The van der Waals surface area contributed by atoms with Gasteiger partial charge < -0.3 is 18.9 Å². The molecule has 76 heavy (non-hydrogen) atoms. The average Bonchev–Trinajstić information content (AvgIpc) is 3.41. The third kappa shape index (κ3) is 13.0. The molecule has 0 aliphatic heterocycles. The minimum absolute atomic E-state index is 0.186. The van der Waals surface area contributed by atoms with E-state index in [1.165, 1.54) is 22.3 Å². The molecule has 8 aromatic rings. The Morgan fingerprint density at radius 1 is 0.303 bits per heavy atom. The Bertz CT molecular complexity index is 2730. The van der Waals surface area contributed by atoms with Gasteiger partial charge in [0.25, 0.3) is 0 Å². The van der Waals surface area contributed by atoms with E-state index in [4.69, 9.17) is 33.9 Å². The largest absolute Gasteiger partial charge is 0.488 e. The first-order valence-electron chi connectivity index (χ1n) is 27.1. The lowest BCUT2D eigenvalue weighted by Gasteiger charge is -2.29. The number of hydrogen-bond donors (Lipinski definition) is 0. The van der Waals surface area contributed by atoms with E-state index < -0.39 is 0 Å². The van der Waals surface area contributed by atoms with Crippen LogP contribution in [0.5, 0.6) is 23.0 Å². The number of aromatic nitrogens is 3. The SMILES string of the molecule is CC(C)(C)c1cc2c(OCc3ccccc3)c(c1)Cc1cc(C(C)(C)C)cc(c1OCc1ccccn1)Cc1cc(C(C)(C)C)cc(c1OCc1ccccn1)Cc1cc(C(C)(C)C)cc(c1OCc1ccccn1)C2. The van der Waals surface area contributed by atoms with E-state index in [0.717, 1.165) is 90.2 Å². The Morgan fingerprint density at radius 2 is 0.539 bits per heavy atom. The van der Waals surface area contributed by atoms with Gasteiger partial charge in [-0.25, -0.2) is 0 Å². The van der Waals surface area contributed by atoms with Crippen LogP contribution in [0.1, 0.15) is 172 Å². The maximum atomic E-state index is 7.28. The number of nitrogens with zero attached hydrogens (tertiary/aromatic N) is 3. The molecule has 1 aliphatic carbocycles. The van der Waals surface area contributed by atoms with Crippen LogP contribution in [0.15, 0.2) is 152 Å². The summed E-state index contributed by atoms with van der Waals surface area (Å²) in [6, 6.07) is 47.5. The molecular formula is C69H77N3O4. The molecule has 0 saturated carbocycles. The van der Waals surface area contributed by atoms with Crippen molar-refractivity contribution in [3.8, 4) is 23.0 Å². The summed E-state index contributed by atoms with van der Waals surface area (Å²) in [7, 11) is 0. The Labute approximate surface area is 453 Å². The highest BCUT2D eigenvalue weighted by Crippen LogP contribution is 2.45. The second-order valence-electron chi connectivity index (χ2n) is 24.8. The fourth-order valence-electron chi connectivity index (χ4n) is 9.98. The molecule has 0 saturated heterocycles. The first kappa shape index (κ1) is 53.6. The van der Waals surface area contributed by atoms with Gasteiger partial charge in [-0.15, -0.1) is 0 Å². The van der Waals surface area contributed by atoms with Gasteiger partial charge in [-0.1, -0.05) is 180 Å². The molecule has 3 aromatic heterocycles. The van der Waals surface area contributed by atoms with Crippen LogP contribution in [-0.2, 0) is 73.8 Å². The molecule has 3 heterocycles. The van der Waals surface area contributed by atoms with Crippen molar-refractivity contribution in [2.75, 3.05) is 0 Å². The summed E-state index contributed by atoms with van der Waals surface area (Å²) < 4.78 is 29.0. The van der Waals surface area contributed by atoms with Crippen molar-refractivity contribution in [3.63, 3.8) is 0 Å². The lowest BCUT2D eigenvalue weighted by atomic mass is 9.79. The molecule has 0 unspecified atom stereocenters. The molecular weight excluding hydrogens is 935 g/mol. The smallest absolute Gasteiger partial charge is 0.130 e. The summed E-state index contributed by atoms with van der Waals surface area (Å²) in [4.78, 5) is 14.2. The molecule has 7 heteroatoms. The molecule has 5 aromatic carbocycles. The van der Waals surface area contributed by atoms with E-state index in [9.17, 15) is 0 Å². The summed E-state index contributed by atoms with van der Waals surface area (Å²) in [5.41, 5.74) is 16.5. The van der Waals surface area contributed by atoms with E-state index in [-0.39, 0.29) is 21.7 Å². The van der Waals surface area contributed by atoms with Crippen LogP contribution in [0, 0.1) is 0 Å². The molecule has 1 aliphatic rings. The van der Waals surface area contributed by atoms with Crippen molar-refractivity contribution < 1.29 is 18.9 Å². The lowest BCUT2D eigenvalue weighted by molar-refractivity contribution is 0.289. The van der Waals surface area contributed by atoms with E-state index in [1.54, 1.807) is 0 Å². The molecule has 8 bridgehead atoms. The Morgan fingerprint density at radius 3 is 0.763 bits per heavy atom. The van der Waals surface area contributed by atoms with Gasteiger partial charge in [-0.05, 0) is 130 Å². The average molecular weight is 1010 g/mol. The first-order valence-corrected chi connectivity index (χ1v) is 27.1. The van der Waals surface area contributed by atoms with Crippen LogP contribution in [0.2, 0.25) is 0 Å². The van der Waals surface area contributed by atoms with E-state index >= 15 is 0 Å². The Balaban J connectivity index is 1.38. The zero-order valence-electron chi connectivity index (χ0n) is 47.1. The fourth-order valence-corrected chi connectivity index (χ4v) is 9.98. The van der Waals surface area contributed by atoms with Crippen LogP contribution in [0.4, 0.5) is 0 Å². The maximum absolute atomic E-state index is 7.28. The highest BCUT2D eigenvalue weighted by atomic mass is 16.5. The zero-order chi connectivity index (χ0) is 53.8. The van der Waals surface area contributed by atoms with Crippen LogP contribution < -0.4 is 18.9 Å². The van der Waals surface area contributed by atoms with Gasteiger partial charge >= 0.3 is 0 Å². The summed E-state index contributed by atoms with van der Waals surface area (Å²) in [6.45, 7) is 28.9. The third-order valence-corrected chi connectivity index (χ3v) is 14.5. The highest BCUT2D eigenvalue weighted by molar-refractivity contribution is 5.60. The highest BCUT2D eigenvalue weighted by Gasteiger charge is 2.30. The van der Waals surface area contributed by atoms with Crippen molar-refractivity contribution >= 4 is 0 Å². The van der Waals surface area contributed by atoms with Crippen LogP contribution in [0.3, 0.4) is 0 Å². The molecule has 0 fully saturated rings. The first-order chi connectivity index (χ1) is 36.2. The maximum Gasteiger partial charge on any atom is 0.130 e. The normalized spacial score (nSPS) is 13.0. The second-order valence-corrected chi connectivity index (χ2v) is 24.8. The third-order valence-electron chi connectivity index (χ3n) is 14.5. The molecule has 0 radical (unpaired) electrons. The molecule has 9 rings (SSSR count). The van der Waals surface area contributed by atoms with Crippen molar-refractivity contribution in [3.05, 3.63) is 241 Å². The summed E-state index contributed by atoms with van der Waals surface area (Å²) in [5, 5.41) is 0. The number of benzene rings is 5. The number of fused-ring (bicyclic) bond motifs is 8. The number of pyridine rings is 3. The van der Waals surface area contributed by atoms with Gasteiger partial charge in [0.2, 0.25) is 0 Å². The Kier molecular flexibility index (Phi) is 15.6. The van der Waals surface area contributed by atoms with E-state index in [1.807, 2.05) is 73.2 Å². The van der Waals surface area contributed by atoms with E-state index in [0.29, 0.717) is 52.1 Å². The van der Waals surface area contributed by atoms with Gasteiger partial charge in [-0.3, -0.25) is 15.0 Å². The second kappa shape index (κ2) is 22.1. The minimum atomic E-state index is -0.194. The number of hydrogen-bond acceptors (Lipinski definition) is 7. The van der Waals surface area contributed by atoms with E-state index in [2.05, 4.69) is 162 Å². The van der Waals surface area contributed by atoms with Gasteiger partial charge in [0.1, 0.15) is 49.4 Å². The minimum Gasteiger partial charge on any atom is -0.488 e. The fraction of sp³-hybridized carbons (Fsp3) is 0.348. The molecule has 392 valence electrons. The van der Waals surface area contributed by atoms with Gasteiger partial charge in [0.15, 0.2) is 0 Å². The van der Waals surface area contributed by atoms with Gasteiger partial charge in [-0.2, -0.15) is 0 Å². The summed E-state index contributed by atoms with van der Waals surface area (Å²) in [6.07, 6.45) is 7.71. The molecule has 0 spiro atoms. The zero-order valence-corrected chi connectivity index (χ0v) is 47.1. The predicted octanol–water partition coefficient (Wildman–Crippen LogP) is 16.1. The topological polar surface area (TPSA) is 75.6 Å². The van der Waals surface area contributed by atoms with Crippen molar-refractivity contribution in [2.45, 2.75) is 157 Å². The molecule has 0 N–H and O–H groups in total. The molecule has 0 atom stereocenters. The van der Waals surface area contributed by atoms with Crippen molar-refractivity contribution in [2.24, 2.45) is 0 Å².